The molecule has 1 aliphatic heterocycles. The molecule has 0 atom stereocenters. The smallest absolute Gasteiger partial charge is 0.374 e. The summed E-state index contributed by atoms with van der Waals surface area (Å²) >= 11 is 0. The molecule has 0 spiro atoms. The summed E-state index contributed by atoms with van der Waals surface area (Å²) < 4.78 is 38.6. The first-order valence-corrected chi connectivity index (χ1v) is 8.20. The summed E-state index contributed by atoms with van der Waals surface area (Å²) in [6.45, 7) is 3.11. The molecule has 0 aliphatic carbocycles. The maximum Gasteiger partial charge on any atom is 0.416 e. The lowest BCUT2D eigenvalue weighted by atomic mass is 9.96. The van der Waals surface area contributed by atoms with Crippen molar-refractivity contribution in [3.63, 3.8) is 0 Å². The summed E-state index contributed by atoms with van der Waals surface area (Å²) in [7, 11) is 4.14. The van der Waals surface area contributed by atoms with Crippen molar-refractivity contribution in [2.75, 3.05) is 38.6 Å². The number of anilines is 1. The number of pyridine rings is 1. The fourth-order valence-electron chi connectivity index (χ4n) is 3.37. The van der Waals surface area contributed by atoms with Gasteiger partial charge >= 0.3 is 6.18 Å². The Labute approximate surface area is 140 Å². The zero-order chi connectivity index (χ0) is 17.3. The number of halogens is 3. The van der Waals surface area contributed by atoms with Crippen LogP contribution in [0.1, 0.15) is 18.4 Å². The molecule has 0 unspecified atom stereocenters. The number of nitrogens with zero attached hydrogens (tertiary/aromatic N) is 3. The highest BCUT2D eigenvalue weighted by atomic mass is 19.4. The number of rotatable bonds is 3. The predicted octanol–water partition coefficient (Wildman–Crippen LogP) is 4.03. The molecule has 2 aromatic rings. The lowest BCUT2D eigenvalue weighted by molar-refractivity contribution is -0.137. The van der Waals surface area contributed by atoms with Crippen molar-refractivity contribution in [1.82, 2.24) is 9.88 Å². The molecule has 1 fully saturated rings. The first kappa shape index (κ1) is 17.0. The summed E-state index contributed by atoms with van der Waals surface area (Å²) in [4.78, 5) is 8.60. The van der Waals surface area contributed by atoms with E-state index in [9.17, 15) is 13.2 Å². The number of aromatic nitrogens is 1. The van der Waals surface area contributed by atoms with Crippen LogP contribution in [0, 0.1) is 5.92 Å². The maximum absolute atomic E-state index is 12.9. The van der Waals surface area contributed by atoms with E-state index in [4.69, 9.17) is 0 Å². The van der Waals surface area contributed by atoms with Crippen LogP contribution < -0.4 is 4.90 Å². The van der Waals surface area contributed by atoms with Crippen LogP contribution in [0.2, 0.25) is 0 Å². The van der Waals surface area contributed by atoms with Gasteiger partial charge in [0.05, 0.1) is 11.1 Å². The molecular formula is C18H22F3N3. The van der Waals surface area contributed by atoms with Crippen LogP contribution in [-0.4, -0.2) is 43.6 Å². The van der Waals surface area contributed by atoms with Crippen molar-refractivity contribution in [2.24, 2.45) is 5.92 Å². The van der Waals surface area contributed by atoms with Crippen LogP contribution in [0.15, 0.2) is 30.5 Å². The number of alkyl halides is 3. The minimum Gasteiger partial charge on any atom is -0.374 e. The molecule has 0 N–H and O–H groups in total. The van der Waals surface area contributed by atoms with Crippen LogP contribution in [0.3, 0.4) is 0 Å². The van der Waals surface area contributed by atoms with Gasteiger partial charge in [0.2, 0.25) is 0 Å². The number of hydrogen-bond acceptors (Lipinski definition) is 3. The number of fused-ring (bicyclic) bond motifs is 1. The number of likely N-dealkylation sites (tertiary alicyclic amines) is 1. The van der Waals surface area contributed by atoms with Crippen molar-refractivity contribution in [3.8, 4) is 0 Å². The molecule has 3 nitrogen and oxygen atoms in total. The molecule has 1 saturated heterocycles. The second-order valence-corrected chi connectivity index (χ2v) is 6.69. The average Bonchev–Trinajstić information content (AvgIpc) is 2.55. The molecule has 1 aliphatic rings. The van der Waals surface area contributed by atoms with Crippen molar-refractivity contribution < 1.29 is 13.2 Å². The lowest BCUT2D eigenvalue weighted by Gasteiger charge is -2.32. The van der Waals surface area contributed by atoms with Gasteiger partial charge in [0, 0.05) is 30.9 Å². The molecule has 0 saturated carbocycles. The summed E-state index contributed by atoms with van der Waals surface area (Å²) in [5.74, 6) is 0.615. The fraction of sp³-hybridized carbons (Fsp3) is 0.500. The highest BCUT2D eigenvalue weighted by molar-refractivity contribution is 5.91. The third-order valence-corrected chi connectivity index (χ3v) is 4.83. The van der Waals surface area contributed by atoms with E-state index in [1.165, 1.54) is 6.07 Å². The predicted molar refractivity (Wildman–Crippen MR) is 90.2 cm³/mol. The van der Waals surface area contributed by atoms with E-state index in [1.807, 2.05) is 13.1 Å². The zero-order valence-corrected chi connectivity index (χ0v) is 14.0. The maximum atomic E-state index is 12.9. The Hall–Kier alpha value is -1.82. The third kappa shape index (κ3) is 3.64. The van der Waals surface area contributed by atoms with Gasteiger partial charge in [-0.1, -0.05) is 6.07 Å². The minimum atomic E-state index is -4.34. The Bertz CT molecular complexity index is 706. The second-order valence-electron chi connectivity index (χ2n) is 6.69. The average molecular weight is 337 g/mol. The van der Waals surface area contributed by atoms with Gasteiger partial charge in [0.25, 0.3) is 0 Å². The van der Waals surface area contributed by atoms with E-state index in [2.05, 4.69) is 21.8 Å². The first-order valence-electron chi connectivity index (χ1n) is 8.20. The van der Waals surface area contributed by atoms with E-state index >= 15 is 0 Å². The van der Waals surface area contributed by atoms with Gasteiger partial charge < -0.3 is 9.80 Å². The number of piperidine rings is 1. The monoisotopic (exact) mass is 337 g/mol. The Morgan fingerprint density at radius 1 is 1.21 bits per heavy atom. The molecular weight excluding hydrogens is 315 g/mol. The van der Waals surface area contributed by atoms with Gasteiger partial charge in [-0.05, 0) is 57.1 Å². The number of hydrogen-bond donors (Lipinski definition) is 0. The second kappa shape index (κ2) is 6.59. The summed E-state index contributed by atoms with van der Waals surface area (Å²) in [6.07, 6.45) is -0.445. The topological polar surface area (TPSA) is 19.4 Å². The first-order chi connectivity index (χ1) is 11.3. The third-order valence-electron chi connectivity index (χ3n) is 4.83. The Balaban J connectivity index is 1.83. The van der Waals surface area contributed by atoms with E-state index in [1.54, 1.807) is 6.20 Å². The summed E-state index contributed by atoms with van der Waals surface area (Å²) in [5.41, 5.74) is 0.669. The van der Waals surface area contributed by atoms with Gasteiger partial charge in [0.15, 0.2) is 0 Å². The van der Waals surface area contributed by atoms with Gasteiger partial charge in [-0.3, -0.25) is 4.98 Å². The van der Waals surface area contributed by atoms with Crippen molar-refractivity contribution in [3.05, 3.63) is 36.0 Å². The molecule has 24 heavy (non-hydrogen) atoms. The lowest BCUT2D eigenvalue weighted by Crippen LogP contribution is -2.35. The quantitative estimate of drug-likeness (QED) is 0.843. The van der Waals surface area contributed by atoms with Gasteiger partial charge in [0.1, 0.15) is 0 Å². The van der Waals surface area contributed by atoms with E-state index < -0.39 is 11.7 Å². The number of benzene rings is 1. The van der Waals surface area contributed by atoms with Crippen LogP contribution in [0.25, 0.3) is 10.9 Å². The van der Waals surface area contributed by atoms with Gasteiger partial charge in [-0.15, -0.1) is 0 Å². The largest absolute Gasteiger partial charge is 0.416 e. The molecule has 1 aromatic heterocycles. The van der Waals surface area contributed by atoms with E-state index in [-0.39, 0.29) is 0 Å². The molecule has 130 valence electrons. The van der Waals surface area contributed by atoms with Crippen LogP contribution in [0.5, 0.6) is 0 Å². The van der Waals surface area contributed by atoms with Crippen molar-refractivity contribution >= 4 is 16.6 Å². The molecule has 6 heteroatoms. The van der Waals surface area contributed by atoms with Crippen molar-refractivity contribution in [1.29, 1.82) is 0 Å². The van der Waals surface area contributed by atoms with Crippen LogP contribution >= 0.6 is 0 Å². The minimum absolute atomic E-state index is 0.387. The highest BCUT2D eigenvalue weighted by Gasteiger charge is 2.30. The molecule has 2 heterocycles. The molecule has 0 bridgehead atoms. The highest BCUT2D eigenvalue weighted by Crippen LogP contribution is 2.33. The fourth-order valence-corrected chi connectivity index (χ4v) is 3.37. The Kier molecular flexibility index (Phi) is 4.67. The Morgan fingerprint density at radius 2 is 1.92 bits per heavy atom. The van der Waals surface area contributed by atoms with Gasteiger partial charge in [-0.25, -0.2) is 0 Å². The van der Waals surface area contributed by atoms with Crippen LogP contribution in [-0.2, 0) is 6.18 Å². The molecule has 1 aromatic carbocycles. The van der Waals surface area contributed by atoms with Gasteiger partial charge in [-0.2, -0.15) is 13.2 Å². The molecule has 0 radical (unpaired) electrons. The molecule has 3 rings (SSSR count). The zero-order valence-electron chi connectivity index (χ0n) is 14.0. The summed E-state index contributed by atoms with van der Waals surface area (Å²) in [5, 5.41) is 0.765. The molecule has 0 amide bonds. The standard InChI is InChI=1S/C18H22F3N3/c1-23-9-6-13(7-10-23)12-24(2)17-5-8-22-16-11-14(18(19,20)21)3-4-15(16)17/h3-5,8,11,13H,6-7,9-10,12H2,1-2H3. The van der Waals surface area contributed by atoms with E-state index in [0.29, 0.717) is 11.4 Å². The summed E-state index contributed by atoms with van der Waals surface area (Å²) in [6, 6.07) is 5.68. The normalized spacial score (nSPS) is 17.4. The van der Waals surface area contributed by atoms with Crippen molar-refractivity contribution in [2.45, 2.75) is 19.0 Å². The SMILES string of the molecule is CN1CCC(CN(C)c2ccnc3cc(C(F)(F)F)ccc23)CC1. The van der Waals surface area contributed by atoms with E-state index in [0.717, 1.165) is 55.7 Å². The Morgan fingerprint density at radius 3 is 2.58 bits per heavy atom. The van der Waals surface area contributed by atoms with Crippen LogP contribution in [0.4, 0.5) is 18.9 Å².